The molecule has 0 unspecified atom stereocenters. The minimum atomic E-state index is -0.459. The molecule has 2 rings (SSSR count). The predicted octanol–water partition coefficient (Wildman–Crippen LogP) is 2.11. The van der Waals surface area contributed by atoms with E-state index in [2.05, 4.69) is 5.32 Å². The van der Waals surface area contributed by atoms with Crippen LogP contribution in [0.3, 0.4) is 0 Å². The molecule has 6 heteroatoms. The molecule has 1 aromatic carbocycles. The molecule has 0 heterocycles. The van der Waals surface area contributed by atoms with Crippen molar-refractivity contribution in [2.45, 2.75) is 25.5 Å². The molecule has 1 aliphatic carbocycles. The van der Waals surface area contributed by atoms with E-state index in [0.717, 1.165) is 24.9 Å². The summed E-state index contributed by atoms with van der Waals surface area (Å²) in [4.78, 5) is 10.1. The number of non-ortho nitro benzene ring substituents is 1. The molecule has 0 bridgehead atoms. The summed E-state index contributed by atoms with van der Waals surface area (Å²) in [6, 6.07) is 4.49. The smallest absolute Gasteiger partial charge is 0.270 e. The first-order valence-corrected chi connectivity index (χ1v) is 6.25. The average molecular weight is 271 g/mol. The number of nitrogens with one attached hydrogen (secondary N) is 1. The third-order valence-electron chi connectivity index (χ3n) is 3.21. The number of halogens is 1. The highest BCUT2D eigenvalue weighted by atomic mass is 35.5. The van der Waals surface area contributed by atoms with Gasteiger partial charge in [0.2, 0.25) is 0 Å². The lowest BCUT2D eigenvalue weighted by atomic mass is 9.82. The van der Waals surface area contributed by atoms with Crippen LogP contribution in [-0.4, -0.2) is 22.7 Å². The normalized spacial score (nSPS) is 22.6. The fourth-order valence-electron chi connectivity index (χ4n) is 2.07. The van der Waals surface area contributed by atoms with Gasteiger partial charge in [-0.2, -0.15) is 0 Å². The number of aliphatic hydroxyl groups is 1. The second-order valence-corrected chi connectivity index (χ2v) is 5.06. The molecule has 0 saturated heterocycles. The van der Waals surface area contributed by atoms with Gasteiger partial charge in [-0.05, 0) is 36.9 Å². The van der Waals surface area contributed by atoms with Gasteiger partial charge in [0.05, 0.1) is 16.0 Å². The Morgan fingerprint density at radius 2 is 2.22 bits per heavy atom. The maximum Gasteiger partial charge on any atom is 0.270 e. The van der Waals surface area contributed by atoms with Gasteiger partial charge >= 0.3 is 0 Å². The highest BCUT2D eigenvalue weighted by Gasteiger charge is 2.26. The van der Waals surface area contributed by atoms with Crippen LogP contribution in [0.25, 0.3) is 0 Å². The summed E-state index contributed by atoms with van der Waals surface area (Å²) in [6.07, 6.45) is 1.56. The van der Waals surface area contributed by atoms with Crippen molar-refractivity contribution in [3.63, 3.8) is 0 Å². The third kappa shape index (κ3) is 3.19. The molecule has 0 aromatic heterocycles. The Bertz CT molecular complexity index is 447. The molecule has 98 valence electrons. The highest BCUT2D eigenvalue weighted by molar-refractivity contribution is 6.31. The second kappa shape index (κ2) is 5.65. The van der Waals surface area contributed by atoms with Crippen LogP contribution >= 0.6 is 11.6 Å². The average Bonchev–Trinajstić information content (AvgIpc) is 2.28. The minimum absolute atomic E-state index is 0.00543. The van der Waals surface area contributed by atoms with Gasteiger partial charge in [-0.3, -0.25) is 10.1 Å². The maximum atomic E-state index is 10.6. The van der Waals surface area contributed by atoms with E-state index in [1.54, 1.807) is 6.07 Å². The molecule has 1 saturated carbocycles. The van der Waals surface area contributed by atoms with Crippen molar-refractivity contribution in [3.05, 3.63) is 38.9 Å². The Balaban J connectivity index is 1.84. The van der Waals surface area contributed by atoms with Crippen molar-refractivity contribution in [1.29, 1.82) is 0 Å². The van der Waals surface area contributed by atoms with E-state index < -0.39 is 4.92 Å². The molecule has 0 radical (unpaired) electrons. The molecule has 1 fully saturated rings. The summed E-state index contributed by atoms with van der Waals surface area (Å²) in [6.45, 7) is 1.42. The van der Waals surface area contributed by atoms with Crippen LogP contribution in [0.5, 0.6) is 0 Å². The monoisotopic (exact) mass is 270 g/mol. The maximum absolute atomic E-state index is 10.6. The van der Waals surface area contributed by atoms with E-state index in [0.29, 0.717) is 17.5 Å². The summed E-state index contributed by atoms with van der Waals surface area (Å²) in [7, 11) is 0. The number of rotatable bonds is 5. The molecular weight excluding hydrogens is 256 g/mol. The Kier molecular flexibility index (Phi) is 4.16. The van der Waals surface area contributed by atoms with Crippen LogP contribution < -0.4 is 5.32 Å². The van der Waals surface area contributed by atoms with E-state index in [4.69, 9.17) is 16.7 Å². The number of nitrogens with zero attached hydrogens (tertiary/aromatic N) is 1. The summed E-state index contributed by atoms with van der Waals surface area (Å²) < 4.78 is 0. The number of benzene rings is 1. The quantitative estimate of drug-likeness (QED) is 0.635. The number of hydrogen-bond donors (Lipinski definition) is 2. The van der Waals surface area contributed by atoms with E-state index in [1.807, 2.05) is 0 Å². The molecule has 18 heavy (non-hydrogen) atoms. The van der Waals surface area contributed by atoms with Crippen LogP contribution in [0.15, 0.2) is 18.2 Å². The summed E-state index contributed by atoms with van der Waals surface area (Å²) in [5.74, 6) is 0.525. The number of nitro benzene ring substituents is 1. The zero-order valence-electron chi connectivity index (χ0n) is 9.80. The molecule has 1 aliphatic rings. The van der Waals surface area contributed by atoms with E-state index >= 15 is 0 Å². The van der Waals surface area contributed by atoms with Crippen molar-refractivity contribution >= 4 is 17.3 Å². The van der Waals surface area contributed by atoms with Gasteiger partial charge in [-0.15, -0.1) is 0 Å². The number of aliphatic hydroxyl groups excluding tert-OH is 1. The second-order valence-electron chi connectivity index (χ2n) is 4.65. The lowest BCUT2D eigenvalue weighted by molar-refractivity contribution is -0.384. The van der Waals surface area contributed by atoms with Crippen LogP contribution in [0.4, 0.5) is 5.69 Å². The van der Waals surface area contributed by atoms with Crippen molar-refractivity contribution in [2.75, 3.05) is 6.54 Å². The van der Waals surface area contributed by atoms with E-state index in [1.165, 1.54) is 12.1 Å². The van der Waals surface area contributed by atoms with Crippen LogP contribution in [0, 0.1) is 16.0 Å². The molecule has 1 aromatic rings. The molecule has 2 N–H and O–H groups in total. The Morgan fingerprint density at radius 3 is 2.78 bits per heavy atom. The van der Waals surface area contributed by atoms with Crippen LogP contribution in [-0.2, 0) is 6.54 Å². The van der Waals surface area contributed by atoms with Crippen molar-refractivity contribution < 1.29 is 10.0 Å². The predicted molar refractivity (Wildman–Crippen MR) is 68.5 cm³/mol. The standard InChI is InChI=1S/C12H15ClN2O3/c13-12-5-10(15(17)18)2-1-9(12)7-14-6-8-3-11(16)4-8/h1-2,5,8,11,14,16H,3-4,6-7H2. The van der Waals surface area contributed by atoms with E-state index in [9.17, 15) is 10.1 Å². The van der Waals surface area contributed by atoms with Gasteiger partial charge in [-0.25, -0.2) is 0 Å². The van der Waals surface area contributed by atoms with Crippen molar-refractivity contribution in [3.8, 4) is 0 Å². The Hall–Kier alpha value is -1.17. The van der Waals surface area contributed by atoms with E-state index in [-0.39, 0.29) is 11.8 Å². The van der Waals surface area contributed by atoms with Gasteiger partial charge in [0.15, 0.2) is 0 Å². The zero-order valence-corrected chi connectivity index (χ0v) is 10.6. The molecular formula is C12H15ClN2O3. The fourth-order valence-corrected chi connectivity index (χ4v) is 2.31. The van der Waals surface area contributed by atoms with Crippen molar-refractivity contribution in [2.24, 2.45) is 5.92 Å². The highest BCUT2D eigenvalue weighted by Crippen LogP contribution is 2.26. The molecule has 0 atom stereocenters. The Morgan fingerprint density at radius 1 is 1.50 bits per heavy atom. The fraction of sp³-hybridized carbons (Fsp3) is 0.500. The topological polar surface area (TPSA) is 75.4 Å². The van der Waals surface area contributed by atoms with Gasteiger partial charge < -0.3 is 10.4 Å². The van der Waals surface area contributed by atoms with Crippen LogP contribution in [0.1, 0.15) is 18.4 Å². The number of hydrogen-bond acceptors (Lipinski definition) is 4. The minimum Gasteiger partial charge on any atom is -0.393 e. The Labute approximate surface area is 110 Å². The third-order valence-corrected chi connectivity index (χ3v) is 3.56. The summed E-state index contributed by atoms with van der Waals surface area (Å²) in [5, 5.41) is 23.4. The SMILES string of the molecule is O=[N+]([O-])c1ccc(CNCC2CC(O)C2)c(Cl)c1. The van der Waals surface area contributed by atoms with Gasteiger partial charge in [-0.1, -0.05) is 11.6 Å². The van der Waals surface area contributed by atoms with Gasteiger partial charge in [0, 0.05) is 18.7 Å². The first-order valence-electron chi connectivity index (χ1n) is 5.88. The van der Waals surface area contributed by atoms with Gasteiger partial charge in [0.25, 0.3) is 5.69 Å². The van der Waals surface area contributed by atoms with Crippen LogP contribution in [0.2, 0.25) is 5.02 Å². The lowest BCUT2D eigenvalue weighted by Gasteiger charge is -2.31. The molecule has 0 amide bonds. The molecule has 0 aliphatic heterocycles. The number of nitro groups is 1. The first-order chi connectivity index (χ1) is 8.56. The molecule has 5 nitrogen and oxygen atoms in total. The van der Waals surface area contributed by atoms with Crippen molar-refractivity contribution in [1.82, 2.24) is 5.32 Å². The van der Waals surface area contributed by atoms with Gasteiger partial charge in [0.1, 0.15) is 0 Å². The zero-order chi connectivity index (χ0) is 13.1. The molecule has 0 spiro atoms. The summed E-state index contributed by atoms with van der Waals surface area (Å²) in [5.41, 5.74) is 0.855. The lowest BCUT2D eigenvalue weighted by Crippen LogP contribution is -2.35. The summed E-state index contributed by atoms with van der Waals surface area (Å²) >= 11 is 5.98. The largest absolute Gasteiger partial charge is 0.393 e. The first kappa shape index (κ1) is 13.3.